The second-order valence-electron chi connectivity index (χ2n) is 5.44. The number of sulfone groups is 1. The SMILES string of the molecule is CCc1nn(C)c(CNC2(C)CCS(=O)(=O)C2)c1Cl. The Morgan fingerprint density at radius 1 is 1.53 bits per heavy atom. The maximum atomic E-state index is 11.6. The standard InChI is InChI=1S/C12H20ClN3O2S/c1-4-9-11(13)10(16(3)15-9)7-14-12(2)5-6-19(17,18)8-12/h14H,4-8H2,1-3H3. The Kier molecular flexibility index (Phi) is 3.95. The molecule has 1 atom stereocenters. The van der Waals surface area contributed by atoms with E-state index in [1.54, 1.807) is 4.68 Å². The smallest absolute Gasteiger partial charge is 0.152 e. The third-order valence-electron chi connectivity index (χ3n) is 3.69. The van der Waals surface area contributed by atoms with Crippen LogP contribution in [0.3, 0.4) is 0 Å². The van der Waals surface area contributed by atoms with E-state index in [-0.39, 0.29) is 17.0 Å². The van der Waals surface area contributed by atoms with E-state index >= 15 is 0 Å². The van der Waals surface area contributed by atoms with Gasteiger partial charge in [0.15, 0.2) is 9.84 Å². The van der Waals surface area contributed by atoms with Gasteiger partial charge in [-0.05, 0) is 19.8 Å². The van der Waals surface area contributed by atoms with Crippen LogP contribution >= 0.6 is 11.6 Å². The predicted molar refractivity (Wildman–Crippen MR) is 76.1 cm³/mol. The fourth-order valence-corrected chi connectivity index (χ4v) is 4.94. The molecule has 5 nitrogen and oxygen atoms in total. The molecule has 0 amide bonds. The normalized spacial score (nSPS) is 25.9. The summed E-state index contributed by atoms with van der Waals surface area (Å²) in [7, 11) is -1.04. The Balaban J connectivity index is 2.10. The van der Waals surface area contributed by atoms with Crippen LogP contribution in [0.1, 0.15) is 31.7 Å². The summed E-state index contributed by atoms with van der Waals surface area (Å²) in [5.74, 6) is 0.450. The van der Waals surface area contributed by atoms with E-state index in [9.17, 15) is 8.42 Å². The van der Waals surface area contributed by atoms with Crippen LogP contribution in [-0.4, -0.2) is 35.2 Å². The first-order valence-electron chi connectivity index (χ1n) is 6.42. The maximum absolute atomic E-state index is 11.6. The van der Waals surface area contributed by atoms with E-state index in [4.69, 9.17) is 11.6 Å². The number of aryl methyl sites for hydroxylation is 2. The lowest BCUT2D eigenvalue weighted by molar-refractivity contribution is 0.389. The highest BCUT2D eigenvalue weighted by atomic mass is 35.5. The van der Waals surface area contributed by atoms with Crippen molar-refractivity contribution in [3.63, 3.8) is 0 Å². The molecular formula is C12H20ClN3O2S. The van der Waals surface area contributed by atoms with Crippen LogP contribution in [-0.2, 0) is 29.9 Å². The number of halogens is 1. The molecule has 1 saturated heterocycles. The van der Waals surface area contributed by atoms with Gasteiger partial charge in [0.05, 0.1) is 27.9 Å². The lowest BCUT2D eigenvalue weighted by Gasteiger charge is -2.24. The van der Waals surface area contributed by atoms with Crippen LogP contribution in [0.15, 0.2) is 0 Å². The van der Waals surface area contributed by atoms with Gasteiger partial charge in [-0.15, -0.1) is 0 Å². The first kappa shape index (κ1) is 14.8. The fraction of sp³-hybridized carbons (Fsp3) is 0.750. The van der Waals surface area contributed by atoms with Crippen molar-refractivity contribution in [1.82, 2.24) is 15.1 Å². The molecular weight excluding hydrogens is 286 g/mol. The predicted octanol–water partition coefficient (Wildman–Crippen LogP) is 1.30. The van der Waals surface area contributed by atoms with Crippen LogP contribution in [0.25, 0.3) is 0 Å². The van der Waals surface area contributed by atoms with Gasteiger partial charge in [0.25, 0.3) is 0 Å². The zero-order valence-corrected chi connectivity index (χ0v) is 13.1. The van der Waals surface area contributed by atoms with Gasteiger partial charge >= 0.3 is 0 Å². The Hall–Kier alpha value is -0.590. The van der Waals surface area contributed by atoms with Crippen molar-refractivity contribution in [3.05, 3.63) is 16.4 Å². The van der Waals surface area contributed by atoms with Crippen molar-refractivity contribution in [2.24, 2.45) is 7.05 Å². The van der Waals surface area contributed by atoms with Crippen LogP contribution in [0.2, 0.25) is 5.02 Å². The van der Waals surface area contributed by atoms with Gasteiger partial charge in [0, 0.05) is 19.1 Å². The molecule has 19 heavy (non-hydrogen) atoms. The van der Waals surface area contributed by atoms with Gasteiger partial charge in [0.1, 0.15) is 0 Å². The maximum Gasteiger partial charge on any atom is 0.152 e. The summed E-state index contributed by atoms with van der Waals surface area (Å²) in [5.41, 5.74) is 1.42. The molecule has 1 aliphatic heterocycles. The third kappa shape index (κ3) is 3.12. The molecule has 1 aromatic rings. The summed E-state index contributed by atoms with van der Waals surface area (Å²) >= 11 is 6.28. The summed E-state index contributed by atoms with van der Waals surface area (Å²) in [4.78, 5) is 0. The molecule has 0 spiro atoms. The fourth-order valence-electron chi connectivity index (χ4n) is 2.46. The molecule has 1 fully saturated rings. The highest BCUT2D eigenvalue weighted by molar-refractivity contribution is 7.91. The second-order valence-corrected chi connectivity index (χ2v) is 8.00. The Morgan fingerprint density at radius 2 is 2.21 bits per heavy atom. The van der Waals surface area contributed by atoms with Crippen LogP contribution < -0.4 is 5.32 Å². The van der Waals surface area contributed by atoms with E-state index in [2.05, 4.69) is 10.4 Å². The monoisotopic (exact) mass is 305 g/mol. The molecule has 1 aliphatic rings. The minimum atomic E-state index is -2.90. The zero-order chi connectivity index (χ0) is 14.3. The molecule has 2 heterocycles. The van der Waals surface area contributed by atoms with Gasteiger partial charge in [0.2, 0.25) is 0 Å². The van der Waals surface area contributed by atoms with Crippen LogP contribution in [0.5, 0.6) is 0 Å². The van der Waals surface area contributed by atoms with Crippen molar-refractivity contribution in [1.29, 1.82) is 0 Å². The topological polar surface area (TPSA) is 64.0 Å². The summed E-state index contributed by atoms with van der Waals surface area (Å²) in [6, 6.07) is 0. The van der Waals surface area contributed by atoms with Crippen molar-refractivity contribution >= 4 is 21.4 Å². The minimum absolute atomic E-state index is 0.191. The Bertz CT molecular complexity index is 582. The van der Waals surface area contributed by atoms with Gasteiger partial charge in [-0.2, -0.15) is 5.10 Å². The van der Waals surface area contributed by atoms with E-state index in [0.717, 1.165) is 17.8 Å². The molecule has 0 radical (unpaired) electrons. The van der Waals surface area contributed by atoms with Crippen molar-refractivity contribution in [2.75, 3.05) is 11.5 Å². The largest absolute Gasteiger partial charge is 0.305 e. The van der Waals surface area contributed by atoms with Crippen molar-refractivity contribution < 1.29 is 8.42 Å². The van der Waals surface area contributed by atoms with E-state index < -0.39 is 9.84 Å². The average molecular weight is 306 g/mol. The molecule has 108 valence electrons. The van der Waals surface area contributed by atoms with Crippen LogP contribution in [0, 0.1) is 0 Å². The summed E-state index contributed by atoms with van der Waals surface area (Å²) in [5, 5.41) is 8.36. The van der Waals surface area contributed by atoms with Crippen molar-refractivity contribution in [2.45, 2.75) is 38.8 Å². The van der Waals surface area contributed by atoms with Crippen LogP contribution in [0.4, 0.5) is 0 Å². The molecule has 0 aromatic carbocycles. The highest BCUT2D eigenvalue weighted by Crippen LogP contribution is 2.25. The molecule has 1 aromatic heterocycles. The molecule has 0 saturated carbocycles. The van der Waals surface area contributed by atoms with Gasteiger partial charge in [-0.25, -0.2) is 8.42 Å². The molecule has 2 rings (SSSR count). The lowest BCUT2D eigenvalue weighted by Crippen LogP contribution is -2.43. The number of nitrogens with zero attached hydrogens (tertiary/aromatic N) is 2. The molecule has 0 aliphatic carbocycles. The number of aromatic nitrogens is 2. The Labute approximate surface area is 119 Å². The van der Waals surface area contributed by atoms with Crippen molar-refractivity contribution in [3.8, 4) is 0 Å². The van der Waals surface area contributed by atoms with E-state index in [0.29, 0.717) is 18.0 Å². The lowest BCUT2D eigenvalue weighted by atomic mass is 10.0. The second kappa shape index (κ2) is 5.07. The van der Waals surface area contributed by atoms with Gasteiger partial charge in [-0.1, -0.05) is 18.5 Å². The minimum Gasteiger partial charge on any atom is -0.305 e. The number of hydrogen-bond donors (Lipinski definition) is 1. The number of rotatable bonds is 4. The Morgan fingerprint density at radius 3 is 2.68 bits per heavy atom. The first-order valence-corrected chi connectivity index (χ1v) is 8.62. The van der Waals surface area contributed by atoms with Gasteiger partial charge < -0.3 is 5.32 Å². The third-order valence-corrected chi connectivity index (χ3v) is 6.03. The highest BCUT2D eigenvalue weighted by Gasteiger charge is 2.38. The summed E-state index contributed by atoms with van der Waals surface area (Å²) < 4.78 is 24.9. The summed E-state index contributed by atoms with van der Waals surface area (Å²) in [6.45, 7) is 4.49. The molecule has 1 unspecified atom stereocenters. The first-order chi connectivity index (χ1) is 8.76. The molecule has 7 heteroatoms. The molecule has 0 bridgehead atoms. The molecule has 1 N–H and O–H groups in total. The van der Waals surface area contributed by atoms with E-state index in [1.165, 1.54) is 0 Å². The summed E-state index contributed by atoms with van der Waals surface area (Å²) in [6.07, 6.45) is 1.43. The van der Waals surface area contributed by atoms with E-state index in [1.807, 2.05) is 20.9 Å². The quantitative estimate of drug-likeness (QED) is 0.911. The number of hydrogen-bond acceptors (Lipinski definition) is 4. The average Bonchev–Trinajstić information content (AvgIpc) is 2.75. The van der Waals surface area contributed by atoms with Gasteiger partial charge in [-0.3, -0.25) is 4.68 Å². The number of nitrogens with one attached hydrogen (secondary N) is 1. The zero-order valence-electron chi connectivity index (χ0n) is 11.5.